The highest BCUT2D eigenvalue weighted by Crippen LogP contribution is 2.25. The molecule has 1 fully saturated rings. The summed E-state index contributed by atoms with van der Waals surface area (Å²) < 4.78 is 0. The van der Waals surface area contributed by atoms with Crippen LogP contribution in [0.1, 0.15) is 23.2 Å². The van der Waals surface area contributed by atoms with Gasteiger partial charge in [0.25, 0.3) is 5.91 Å². The van der Waals surface area contributed by atoms with Crippen molar-refractivity contribution in [3.8, 4) is 11.1 Å². The summed E-state index contributed by atoms with van der Waals surface area (Å²) in [6, 6.07) is 25.0. The maximum atomic E-state index is 12.6. The summed E-state index contributed by atoms with van der Waals surface area (Å²) in [4.78, 5) is 26.3. The van der Waals surface area contributed by atoms with E-state index in [2.05, 4.69) is 5.32 Å². The van der Waals surface area contributed by atoms with E-state index in [1.54, 1.807) is 4.90 Å². The molecule has 1 N–H and O–H groups in total. The fourth-order valence-electron chi connectivity index (χ4n) is 3.32. The zero-order valence-electron chi connectivity index (χ0n) is 14.9. The molecule has 3 aromatic carbocycles. The first-order chi connectivity index (χ1) is 13.2. The number of hydrogen-bond acceptors (Lipinski definition) is 2. The number of carbonyl (C=O) groups is 2. The van der Waals surface area contributed by atoms with Gasteiger partial charge in [0, 0.05) is 29.9 Å². The molecule has 3 aromatic rings. The normalized spacial score (nSPS) is 13.6. The highest BCUT2D eigenvalue weighted by Gasteiger charge is 2.21. The van der Waals surface area contributed by atoms with Crippen LogP contribution in [0.5, 0.6) is 0 Å². The Kier molecular flexibility index (Phi) is 4.71. The van der Waals surface area contributed by atoms with E-state index < -0.39 is 0 Å². The van der Waals surface area contributed by atoms with Crippen molar-refractivity contribution in [3.05, 3.63) is 84.4 Å². The van der Waals surface area contributed by atoms with Crippen LogP contribution in [0.4, 0.5) is 11.4 Å². The molecule has 1 aliphatic heterocycles. The fraction of sp³-hybridized carbons (Fsp3) is 0.130. The van der Waals surface area contributed by atoms with Gasteiger partial charge in [-0.1, -0.05) is 48.5 Å². The average molecular weight is 356 g/mol. The lowest BCUT2D eigenvalue weighted by Gasteiger charge is -2.16. The molecule has 4 nitrogen and oxygen atoms in total. The number of nitrogens with one attached hydrogen (secondary N) is 1. The topological polar surface area (TPSA) is 49.4 Å². The molecule has 0 saturated carbocycles. The largest absolute Gasteiger partial charge is 0.322 e. The summed E-state index contributed by atoms with van der Waals surface area (Å²) >= 11 is 0. The van der Waals surface area contributed by atoms with E-state index in [1.807, 2.05) is 78.9 Å². The van der Waals surface area contributed by atoms with Crippen molar-refractivity contribution in [1.82, 2.24) is 0 Å². The molecule has 1 heterocycles. The third kappa shape index (κ3) is 3.75. The van der Waals surface area contributed by atoms with E-state index in [0.29, 0.717) is 17.7 Å². The van der Waals surface area contributed by atoms with Crippen molar-refractivity contribution in [3.63, 3.8) is 0 Å². The Bertz CT molecular complexity index is 965. The van der Waals surface area contributed by atoms with Crippen molar-refractivity contribution in [2.24, 2.45) is 0 Å². The van der Waals surface area contributed by atoms with Gasteiger partial charge in [-0.2, -0.15) is 0 Å². The van der Waals surface area contributed by atoms with Gasteiger partial charge < -0.3 is 10.2 Å². The number of amides is 2. The molecule has 0 aliphatic carbocycles. The monoisotopic (exact) mass is 356 g/mol. The Morgan fingerprint density at radius 2 is 1.59 bits per heavy atom. The third-order valence-corrected chi connectivity index (χ3v) is 4.74. The predicted molar refractivity (Wildman–Crippen MR) is 108 cm³/mol. The molecule has 0 aromatic heterocycles. The maximum Gasteiger partial charge on any atom is 0.255 e. The van der Waals surface area contributed by atoms with E-state index in [4.69, 9.17) is 0 Å². The highest BCUT2D eigenvalue weighted by atomic mass is 16.2. The lowest BCUT2D eigenvalue weighted by Crippen LogP contribution is -2.23. The minimum absolute atomic E-state index is 0.134. The molecule has 0 unspecified atom stereocenters. The molecule has 4 heteroatoms. The van der Waals surface area contributed by atoms with Gasteiger partial charge >= 0.3 is 0 Å². The molecule has 0 spiro atoms. The van der Waals surface area contributed by atoms with Crippen molar-refractivity contribution in [2.45, 2.75) is 12.8 Å². The Balaban J connectivity index is 1.48. The number of benzene rings is 3. The van der Waals surface area contributed by atoms with Crippen LogP contribution in [-0.2, 0) is 4.79 Å². The van der Waals surface area contributed by atoms with Crippen LogP contribution in [0.25, 0.3) is 11.1 Å². The quantitative estimate of drug-likeness (QED) is 0.734. The first kappa shape index (κ1) is 17.0. The van der Waals surface area contributed by atoms with E-state index in [0.717, 1.165) is 29.8 Å². The molecule has 2 amide bonds. The van der Waals surface area contributed by atoms with Gasteiger partial charge in [0.05, 0.1) is 0 Å². The highest BCUT2D eigenvalue weighted by molar-refractivity contribution is 6.05. The average Bonchev–Trinajstić information content (AvgIpc) is 3.15. The van der Waals surface area contributed by atoms with Crippen LogP contribution < -0.4 is 10.2 Å². The van der Waals surface area contributed by atoms with E-state index in [9.17, 15) is 9.59 Å². The van der Waals surface area contributed by atoms with E-state index in [-0.39, 0.29) is 11.8 Å². The predicted octanol–water partition coefficient (Wildman–Crippen LogP) is 4.73. The summed E-state index contributed by atoms with van der Waals surface area (Å²) in [6.45, 7) is 0.733. The maximum absolute atomic E-state index is 12.6. The summed E-state index contributed by atoms with van der Waals surface area (Å²) in [5, 5.41) is 2.92. The van der Waals surface area contributed by atoms with Crippen molar-refractivity contribution >= 4 is 23.2 Å². The Labute approximate surface area is 158 Å². The van der Waals surface area contributed by atoms with Gasteiger partial charge in [-0.25, -0.2) is 0 Å². The Morgan fingerprint density at radius 3 is 2.30 bits per heavy atom. The molecule has 0 atom stereocenters. The summed E-state index contributed by atoms with van der Waals surface area (Å²) in [6.07, 6.45) is 1.47. The summed E-state index contributed by atoms with van der Waals surface area (Å²) in [5.41, 5.74) is 4.30. The van der Waals surface area contributed by atoms with Crippen LogP contribution in [0.3, 0.4) is 0 Å². The van der Waals surface area contributed by atoms with Gasteiger partial charge in [-0.05, 0) is 47.9 Å². The molecule has 1 aliphatic rings. The second-order valence-electron chi connectivity index (χ2n) is 6.60. The SMILES string of the molecule is O=C(Nc1cccc(N2CCCC2=O)c1)c1ccc(-c2ccccc2)cc1. The Hall–Kier alpha value is -3.40. The van der Waals surface area contributed by atoms with Crippen molar-refractivity contribution in [1.29, 1.82) is 0 Å². The second-order valence-corrected chi connectivity index (χ2v) is 6.60. The minimum atomic E-state index is -0.167. The van der Waals surface area contributed by atoms with Gasteiger partial charge in [-0.3, -0.25) is 9.59 Å². The standard InChI is InChI=1S/C23H20N2O2/c26-22-10-5-15-25(22)21-9-4-8-20(16-21)24-23(27)19-13-11-18(12-14-19)17-6-2-1-3-7-17/h1-4,6-9,11-14,16H,5,10,15H2,(H,24,27). The first-order valence-corrected chi connectivity index (χ1v) is 9.08. The fourth-order valence-corrected chi connectivity index (χ4v) is 3.32. The van der Waals surface area contributed by atoms with Gasteiger partial charge in [0.2, 0.25) is 5.91 Å². The zero-order valence-corrected chi connectivity index (χ0v) is 14.9. The molecule has 27 heavy (non-hydrogen) atoms. The van der Waals surface area contributed by atoms with Crippen LogP contribution in [-0.4, -0.2) is 18.4 Å². The van der Waals surface area contributed by atoms with E-state index in [1.165, 1.54) is 0 Å². The molecule has 0 radical (unpaired) electrons. The van der Waals surface area contributed by atoms with Crippen LogP contribution in [0.2, 0.25) is 0 Å². The number of hydrogen-bond donors (Lipinski definition) is 1. The first-order valence-electron chi connectivity index (χ1n) is 9.08. The number of anilines is 2. The smallest absolute Gasteiger partial charge is 0.255 e. The molecular formula is C23H20N2O2. The van der Waals surface area contributed by atoms with Gasteiger partial charge in [0.15, 0.2) is 0 Å². The number of nitrogens with zero attached hydrogens (tertiary/aromatic N) is 1. The summed E-state index contributed by atoms with van der Waals surface area (Å²) in [5.74, 6) is -0.0329. The van der Waals surface area contributed by atoms with Crippen molar-refractivity contribution in [2.75, 3.05) is 16.8 Å². The molecule has 0 bridgehead atoms. The van der Waals surface area contributed by atoms with Gasteiger partial charge in [-0.15, -0.1) is 0 Å². The second kappa shape index (κ2) is 7.46. The van der Waals surface area contributed by atoms with Crippen LogP contribution in [0.15, 0.2) is 78.9 Å². The molecule has 4 rings (SSSR count). The van der Waals surface area contributed by atoms with E-state index >= 15 is 0 Å². The molecular weight excluding hydrogens is 336 g/mol. The van der Waals surface area contributed by atoms with Crippen LogP contribution in [0, 0.1) is 0 Å². The lowest BCUT2D eigenvalue weighted by atomic mass is 10.0. The number of rotatable bonds is 4. The van der Waals surface area contributed by atoms with Crippen LogP contribution >= 0.6 is 0 Å². The minimum Gasteiger partial charge on any atom is -0.322 e. The third-order valence-electron chi connectivity index (χ3n) is 4.74. The molecule has 134 valence electrons. The Morgan fingerprint density at radius 1 is 0.852 bits per heavy atom. The summed E-state index contributed by atoms with van der Waals surface area (Å²) in [7, 11) is 0. The molecule has 1 saturated heterocycles. The van der Waals surface area contributed by atoms with Gasteiger partial charge in [0.1, 0.15) is 0 Å². The van der Waals surface area contributed by atoms with Crippen molar-refractivity contribution < 1.29 is 9.59 Å². The zero-order chi connectivity index (χ0) is 18.6. The number of carbonyl (C=O) groups excluding carboxylic acids is 2. The lowest BCUT2D eigenvalue weighted by molar-refractivity contribution is -0.117.